The summed E-state index contributed by atoms with van der Waals surface area (Å²) in [7, 11) is 0. The van der Waals surface area contributed by atoms with Gasteiger partial charge in [-0.25, -0.2) is 13.2 Å². The summed E-state index contributed by atoms with van der Waals surface area (Å²) >= 11 is 0.535. The minimum atomic E-state index is -2.24. The lowest BCUT2D eigenvalue weighted by atomic mass is 9.44. The maximum atomic E-state index is 17.5. The maximum Gasteiger partial charge on any atom is 0.226 e. The molecule has 1 aromatic rings. The van der Waals surface area contributed by atoms with Crippen LogP contribution in [0.15, 0.2) is 48.1 Å². The Bertz CT molecular complexity index is 1270. The van der Waals surface area contributed by atoms with Crippen LogP contribution in [0.2, 0.25) is 0 Å². The second kappa shape index (κ2) is 8.45. The number of benzene rings is 1. The molecule has 1 N–H and O–H groups in total. The quantitative estimate of drug-likeness (QED) is 0.560. The van der Waals surface area contributed by atoms with Gasteiger partial charge in [-0.05, 0) is 68.4 Å². The Balaban J connectivity index is 1.46. The largest absolute Gasteiger partial charge is 0.390 e. The van der Waals surface area contributed by atoms with Gasteiger partial charge in [0.1, 0.15) is 12.2 Å². The van der Waals surface area contributed by atoms with Crippen molar-refractivity contribution in [2.75, 3.05) is 17.6 Å². The van der Waals surface area contributed by atoms with E-state index in [2.05, 4.69) is 0 Å². The van der Waals surface area contributed by atoms with E-state index in [1.54, 1.807) is 12.0 Å². The van der Waals surface area contributed by atoms with E-state index >= 15 is 8.78 Å². The second-order valence-corrected chi connectivity index (χ2v) is 12.9. The normalized spacial score (nSPS) is 45.2. The molecule has 0 bridgehead atoms. The minimum absolute atomic E-state index is 0.0605. The summed E-state index contributed by atoms with van der Waals surface area (Å²) in [6, 6.07) is 6.66. The standard InChI is InChI=1S/C29H32F3NO4S/c1-16-6-4-5-7-23(16)33-14-17-10-19-20-12-22(31)21-11-18(34)8-9-26(21,2)28(20,32)24(35)13-27(19,3)29(17,37-33)25(36)38-15-30/h4-9,11,17,19-20,22,24,35H,10,12-15H2,1-3H3/t17-,19-,20-,22-,24-,26-,27-,28-,29-/m0/s1. The minimum Gasteiger partial charge on any atom is -0.390 e. The van der Waals surface area contributed by atoms with Gasteiger partial charge >= 0.3 is 0 Å². The third kappa shape index (κ3) is 3.04. The van der Waals surface area contributed by atoms with Gasteiger partial charge in [-0.3, -0.25) is 19.5 Å². The number of carbonyl (C=O) groups is 2. The number of para-hydroxylation sites is 1. The van der Waals surface area contributed by atoms with Gasteiger partial charge in [0.2, 0.25) is 5.12 Å². The van der Waals surface area contributed by atoms with E-state index in [0.29, 0.717) is 24.7 Å². The molecule has 204 valence electrons. The van der Waals surface area contributed by atoms with Crippen LogP contribution in [0.1, 0.15) is 38.7 Å². The van der Waals surface area contributed by atoms with Gasteiger partial charge in [0.25, 0.3) is 0 Å². The number of thioether (sulfide) groups is 1. The first kappa shape index (κ1) is 26.1. The molecule has 0 radical (unpaired) electrons. The van der Waals surface area contributed by atoms with Gasteiger partial charge in [0.05, 0.1) is 18.3 Å². The van der Waals surface area contributed by atoms with Gasteiger partial charge in [0.15, 0.2) is 17.1 Å². The molecule has 1 heterocycles. The molecule has 4 fully saturated rings. The SMILES string of the molecule is Cc1ccccc1N1C[C@@H]2C[C@H]3[C@@H]4C[C@H](F)C5=CC(=O)C=C[C@]5(C)[C@@]4(F)[C@@H](O)C[C@]3(C)[C@]2(C(=O)SCF)O1. The molecule has 4 aliphatic carbocycles. The van der Waals surface area contributed by atoms with Crippen LogP contribution in [-0.2, 0) is 14.4 Å². The molecular weight excluding hydrogens is 515 g/mol. The number of hydrogen-bond acceptors (Lipinski definition) is 6. The number of halogens is 3. The number of rotatable bonds is 3. The second-order valence-electron chi connectivity index (χ2n) is 12.0. The van der Waals surface area contributed by atoms with Gasteiger partial charge in [-0.2, -0.15) is 0 Å². The van der Waals surface area contributed by atoms with Crippen molar-refractivity contribution in [2.45, 2.75) is 63.6 Å². The van der Waals surface area contributed by atoms with Crippen LogP contribution in [-0.4, -0.2) is 52.1 Å². The molecule has 0 unspecified atom stereocenters. The van der Waals surface area contributed by atoms with Crippen LogP contribution in [0, 0.1) is 35.5 Å². The summed E-state index contributed by atoms with van der Waals surface area (Å²) in [5.74, 6) is -2.21. The summed E-state index contributed by atoms with van der Waals surface area (Å²) in [6.45, 7) is 5.65. The molecule has 6 rings (SSSR count). The molecule has 5 aliphatic rings. The lowest BCUT2D eigenvalue weighted by molar-refractivity contribution is -0.225. The first-order chi connectivity index (χ1) is 17.9. The molecule has 0 amide bonds. The van der Waals surface area contributed by atoms with Crippen molar-refractivity contribution in [3.63, 3.8) is 0 Å². The summed E-state index contributed by atoms with van der Waals surface area (Å²) in [5, 5.41) is 12.8. The van der Waals surface area contributed by atoms with E-state index in [4.69, 9.17) is 4.84 Å². The Morgan fingerprint density at radius 2 is 1.97 bits per heavy atom. The summed E-state index contributed by atoms with van der Waals surface area (Å²) in [4.78, 5) is 32.4. The van der Waals surface area contributed by atoms with Crippen LogP contribution >= 0.6 is 11.8 Å². The molecule has 1 aliphatic heterocycles. The fourth-order valence-electron chi connectivity index (χ4n) is 8.73. The van der Waals surface area contributed by atoms with Crippen molar-refractivity contribution in [1.29, 1.82) is 0 Å². The molecule has 3 saturated carbocycles. The monoisotopic (exact) mass is 547 g/mol. The smallest absolute Gasteiger partial charge is 0.226 e. The molecule has 38 heavy (non-hydrogen) atoms. The van der Waals surface area contributed by atoms with E-state index in [1.165, 1.54) is 12.2 Å². The third-order valence-corrected chi connectivity index (χ3v) is 11.2. The number of allylic oxidation sites excluding steroid dienone is 4. The van der Waals surface area contributed by atoms with Crippen LogP contribution in [0.25, 0.3) is 0 Å². The first-order valence-electron chi connectivity index (χ1n) is 13.2. The number of anilines is 1. The number of hydroxylamine groups is 1. The van der Waals surface area contributed by atoms with Gasteiger partial charge < -0.3 is 5.11 Å². The highest BCUT2D eigenvalue weighted by molar-refractivity contribution is 8.13. The number of hydrogen-bond donors (Lipinski definition) is 1. The molecule has 9 heteroatoms. The summed E-state index contributed by atoms with van der Waals surface area (Å²) < 4.78 is 46.8. The zero-order valence-corrected chi connectivity index (χ0v) is 22.4. The van der Waals surface area contributed by atoms with Crippen molar-refractivity contribution < 1.29 is 32.7 Å². The lowest BCUT2D eigenvalue weighted by Gasteiger charge is -2.63. The topological polar surface area (TPSA) is 66.8 Å². The van der Waals surface area contributed by atoms with Crippen LogP contribution in [0.5, 0.6) is 0 Å². The molecule has 0 spiro atoms. The number of aliphatic hydroxyl groups is 1. The van der Waals surface area contributed by atoms with Gasteiger partial charge in [-0.15, -0.1) is 0 Å². The molecule has 5 nitrogen and oxygen atoms in total. The number of aryl methyl sites for hydroxylation is 1. The van der Waals surface area contributed by atoms with Crippen LogP contribution in [0.3, 0.4) is 0 Å². The Morgan fingerprint density at radius 3 is 2.68 bits per heavy atom. The number of nitrogens with zero attached hydrogens (tertiary/aromatic N) is 1. The van der Waals surface area contributed by atoms with Crippen molar-refractivity contribution in [1.82, 2.24) is 0 Å². The van der Waals surface area contributed by atoms with Crippen molar-refractivity contribution in [2.24, 2.45) is 28.6 Å². The number of carbonyl (C=O) groups excluding carboxylic acids is 2. The molecular formula is C29H32F3NO4S. The van der Waals surface area contributed by atoms with Crippen molar-refractivity contribution in [3.8, 4) is 0 Å². The number of fused-ring (bicyclic) bond motifs is 7. The van der Waals surface area contributed by atoms with Crippen molar-refractivity contribution >= 4 is 28.3 Å². The van der Waals surface area contributed by atoms with E-state index in [9.17, 15) is 19.1 Å². The molecule has 1 saturated heterocycles. The highest BCUT2D eigenvalue weighted by Crippen LogP contribution is 2.73. The molecule has 1 aromatic carbocycles. The van der Waals surface area contributed by atoms with E-state index in [-0.39, 0.29) is 18.4 Å². The predicted octanol–water partition coefficient (Wildman–Crippen LogP) is 5.22. The first-order valence-corrected chi connectivity index (χ1v) is 14.1. The fraction of sp³-hybridized carbons (Fsp3) is 0.586. The van der Waals surface area contributed by atoms with E-state index in [1.807, 2.05) is 38.1 Å². The highest BCUT2D eigenvalue weighted by Gasteiger charge is 2.79. The zero-order valence-electron chi connectivity index (χ0n) is 21.6. The average Bonchev–Trinajstić information content (AvgIpc) is 3.36. The highest BCUT2D eigenvalue weighted by atomic mass is 32.2. The van der Waals surface area contributed by atoms with Gasteiger partial charge in [-0.1, -0.05) is 43.0 Å². The third-order valence-electron chi connectivity index (χ3n) is 10.5. The Hall–Kier alpha value is -2.10. The van der Waals surface area contributed by atoms with Crippen LogP contribution < -0.4 is 5.06 Å². The van der Waals surface area contributed by atoms with E-state index in [0.717, 1.165) is 17.3 Å². The number of ketones is 1. The fourth-order valence-corrected chi connectivity index (χ4v) is 9.48. The summed E-state index contributed by atoms with van der Waals surface area (Å²) in [5.41, 5.74) is -4.52. The lowest BCUT2D eigenvalue weighted by Crippen LogP contribution is -2.70. The molecule has 9 atom stereocenters. The molecule has 0 aromatic heterocycles. The number of aliphatic hydroxyl groups excluding tert-OH is 1. The zero-order chi connectivity index (χ0) is 27.3. The Kier molecular flexibility index (Phi) is 5.81. The Morgan fingerprint density at radius 1 is 1.24 bits per heavy atom. The average molecular weight is 548 g/mol. The van der Waals surface area contributed by atoms with Crippen LogP contribution in [0.4, 0.5) is 18.9 Å². The van der Waals surface area contributed by atoms with Gasteiger partial charge in [0, 0.05) is 22.7 Å². The van der Waals surface area contributed by atoms with E-state index < -0.39 is 69.0 Å². The maximum absolute atomic E-state index is 17.5. The predicted molar refractivity (Wildman–Crippen MR) is 138 cm³/mol. The van der Waals surface area contributed by atoms with Crippen molar-refractivity contribution in [3.05, 3.63) is 53.6 Å². The summed E-state index contributed by atoms with van der Waals surface area (Å²) in [6.07, 6.45) is 0.769. The Labute approximate surface area is 224 Å². The number of alkyl halides is 3.